The second-order valence-corrected chi connectivity index (χ2v) is 16.3. The summed E-state index contributed by atoms with van der Waals surface area (Å²) >= 11 is 0. The fourth-order valence-corrected chi connectivity index (χ4v) is 7.58. The Labute approximate surface area is 319 Å². The Kier molecular flexibility index (Phi) is 41.6. The first kappa shape index (κ1) is 50.4. The molecule has 0 saturated carbocycles. The van der Waals surface area contributed by atoms with E-state index in [-0.39, 0.29) is 12.5 Å². The second-order valence-electron chi connectivity index (χ2n) is 16.3. The Morgan fingerprint density at radius 3 is 0.941 bits per heavy atom. The van der Waals surface area contributed by atoms with Gasteiger partial charge in [0.05, 0.1) is 18.8 Å². The molecule has 0 saturated heterocycles. The highest BCUT2D eigenvalue weighted by atomic mass is 16.3. The zero-order valence-electron chi connectivity index (χ0n) is 34.8. The monoisotopic (exact) mass is 724 g/mol. The molecular formula is C46H93NO4. The van der Waals surface area contributed by atoms with E-state index in [4.69, 9.17) is 0 Å². The van der Waals surface area contributed by atoms with E-state index >= 15 is 0 Å². The van der Waals surface area contributed by atoms with Gasteiger partial charge in [0.15, 0.2) is 0 Å². The van der Waals surface area contributed by atoms with E-state index in [1.165, 1.54) is 205 Å². The predicted molar refractivity (Wildman–Crippen MR) is 222 cm³/mol. The van der Waals surface area contributed by atoms with Gasteiger partial charge in [0.1, 0.15) is 6.10 Å². The summed E-state index contributed by atoms with van der Waals surface area (Å²) in [6.45, 7) is 4.21. The quantitative estimate of drug-likeness (QED) is 0.0472. The molecule has 0 aliphatic heterocycles. The first-order valence-electron chi connectivity index (χ1n) is 23.3. The van der Waals surface area contributed by atoms with Crippen LogP contribution in [0.4, 0.5) is 0 Å². The molecule has 0 fully saturated rings. The van der Waals surface area contributed by atoms with Gasteiger partial charge in [0.2, 0.25) is 5.91 Å². The summed E-state index contributed by atoms with van der Waals surface area (Å²) in [4.78, 5) is 12.4. The molecule has 0 aliphatic rings. The number of unbranched alkanes of at least 4 members (excludes halogenated alkanes) is 35. The van der Waals surface area contributed by atoms with Crippen molar-refractivity contribution in [3.8, 4) is 0 Å². The second kappa shape index (κ2) is 42.1. The molecule has 51 heavy (non-hydrogen) atoms. The Morgan fingerprint density at radius 2 is 0.667 bits per heavy atom. The maximum Gasteiger partial charge on any atom is 0.220 e. The van der Waals surface area contributed by atoms with E-state index in [0.29, 0.717) is 12.8 Å². The van der Waals surface area contributed by atoms with Gasteiger partial charge in [0, 0.05) is 6.42 Å². The summed E-state index contributed by atoms with van der Waals surface area (Å²) in [5.41, 5.74) is 0. The summed E-state index contributed by atoms with van der Waals surface area (Å²) < 4.78 is 0. The molecule has 0 bridgehead atoms. The zero-order chi connectivity index (χ0) is 37.3. The lowest BCUT2D eigenvalue weighted by Crippen LogP contribution is -2.50. The Morgan fingerprint density at radius 1 is 0.412 bits per heavy atom. The lowest BCUT2D eigenvalue weighted by atomic mass is 9.99. The summed E-state index contributed by atoms with van der Waals surface area (Å²) in [5, 5.41) is 33.6. The summed E-state index contributed by atoms with van der Waals surface area (Å²) in [6, 6.07) is -0.802. The van der Waals surface area contributed by atoms with Gasteiger partial charge < -0.3 is 20.6 Å². The van der Waals surface area contributed by atoms with Crippen molar-refractivity contribution in [3.05, 3.63) is 0 Å². The topological polar surface area (TPSA) is 89.8 Å². The van der Waals surface area contributed by atoms with Gasteiger partial charge in [-0.2, -0.15) is 0 Å². The Hall–Kier alpha value is -0.650. The van der Waals surface area contributed by atoms with Gasteiger partial charge in [-0.15, -0.1) is 0 Å². The number of carbonyl (C=O) groups is 1. The molecule has 0 aromatic rings. The lowest BCUT2D eigenvalue weighted by Gasteiger charge is -2.26. The minimum atomic E-state index is -1.13. The third-order valence-corrected chi connectivity index (χ3v) is 11.2. The van der Waals surface area contributed by atoms with Crippen LogP contribution < -0.4 is 5.32 Å². The van der Waals surface area contributed by atoms with Crippen LogP contribution in [0.25, 0.3) is 0 Å². The number of nitrogens with one attached hydrogen (secondary N) is 1. The summed E-state index contributed by atoms with van der Waals surface area (Å²) in [5.74, 6) is -0.139. The highest BCUT2D eigenvalue weighted by molar-refractivity contribution is 5.76. The third kappa shape index (κ3) is 37.5. The molecule has 1 amide bonds. The van der Waals surface area contributed by atoms with Gasteiger partial charge in [-0.3, -0.25) is 4.79 Å². The van der Waals surface area contributed by atoms with E-state index in [9.17, 15) is 20.1 Å². The van der Waals surface area contributed by atoms with Gasteiger partial charge in [-0.05, 0) is 12.8 Å². The fraction of sp³-hybridized carbons (Fsp3) is 0.978. The highest BCUT2D eigenvalue weighted by Crippen LogP contribution is 2.17. The maximum absolute atomic E-state index is 12.4. The molecule has 306 valence electrons. The normalized spacial score (nSPS) is 13.4. The van der Waals surface area contributed by atoms with E-state index in [1.54, 1.807) is 0 Å². The predicted octanol–water partition coefficient (Wildman–Crippen LogP) is 13.4. The Bertz CT molecular complexity index is 674. The van der Waals surface area contributed by atoms with Crippen molar-refractivity contribution >= 4 is 5.91 Å². The largest absolute Gasteiger partial charge is 0.394 e. The first-order valence-corrected chi connectivity index (χ1v) is 23.3. The van der Waals surface area contributed by atoms with Gasteiger partial charge in [-0.1, -0.05) is 245 Å². The van der Waals surface area contributed by atoms with Crippen LogP contribution in [0.3, 0.4) is 0 Å². The van der Waals surface area contributed by atoms with Gasteiger partial charge in [0.25, 0.3) is 0 Å². The number of rotatable bonds is 43. The minimum Gasteiger partial charge on any atom is -0.394 e. The molecule has 0 heterocycles. The fourth-order valence-electron chi connectivity index (χ4n) is 7.58. The summed E-state index contributed by atoms with van der Waals surface area (Å²) in [6.07, 6.45) is 47.8. The number of hydrogen-bond acceptors (Lipinski definition) is 4. The van der Waals surface area contributed by atoms with Crippen molar-refractivity contribution in [2.75, 3.05) is 6.61 Å². The van der Waals surface area contributed by atoms with Gasteiger partial charge >= 0.3 is 0 Å². The number of aliphatic hydroxyl groups is 3. The van der Waals surface area contributed by atoms with Crippen LogP contribution in [0.1, 0.15) is 264 Å². The number of aliphatic hydroxyl groups excluding tert-OH is 3. The first-order chi connectivity index (χ1) is 25.1. The van der Waals surface area contributed by atoms with E-state index in [0.717, 1.165) is 32.1 Å². The molecule has 4 N–H and O–H groups in total. The van der Waals surface area contributed by atoms with Crippen LogP contribution in [0.15, 0.2) is 0 Å². The van der Waals surface area contributed by atoms with E-state index in [1.807, 2.05) is 0 Å². The van der Waals surface area contributed by atoms with Crippen molar-refractivity contribution < 1.29 is 20.1 Å². The van der Waals surface area contributed by atoms with Crippen LogP contribution in [-0.4, -0.2) is 46.1 Å². The van der Waals surface area contributed by atoms with Crippen LogP contribution in [-0.2, 0) is 4.79 Å². The number of carbonyl (C=O) groups excluding carboxylic acids is 1. The van der Waals surface area contributed by atoms with Crippen LogP contribution in [0.5, 0.6) is 0 Å². The van der Waals surface area contributed by atoms with Crippen molar-refractivity contribution in [1.82, 2.24) is 5.32 Å². The van der Waals surface area contributed by atoms with Gasteiger partial charge in [-0.25, -0.2) is 0 Å². The number of hydrogen-bond donors (Lipinski definition) is 4. The molecule has 0 radical (unpaired) electrons. The minimum absolute atomic E-state index is 0.139. The van der Waals surface area contributed by atoms with E-state index < -0.39 is 18.2 Å². The standard InChI is InChI=1S/C46H93NO4/c1-3-5-7-9-11-13-15-17-19-21-23-24-26-28-30-32-34-36-38-40-44(49)46(51)43(42-48)47-45(50)41-39-37-35-33-31-29-27-25-22-20-18-16-14-12-10-8-6-4-2/h43-44,46,48-49,51H,3-42H2,1-2H3,(H,47,50). The molecule has 5 nitrogen and oxygen atoms in total. The van der Waals surface area contributed by atoms with E-state index in [2.05, 4.69) is 19.2 Å². The molecule has 0 rings (SSSR count). The molecule has 3 unspecified atom stereocenters. The SMILES string of the molecule is CCCCCCCCCCCCCCCCCCCCCC(O)C(O)C(CO)NC(=O)CCCCCCCCCCCCCCCCCCCC. The Balaban J connectivity index is 3.56. The van der Waals surface area contributed by atoms with Crippen molar-refractivity contribution in [3.63, 3.8) is 0 Å². The van der Waals surface area contributed by atoms with Crippen LogP contribution in [0.2, 0.25) is 0 Å². The van der Waals surface area contributed by atoms with Crippen LogP contribution >= 0.6 is 0 Å². The van der Waals surface area contributed by atoms with Crippen molar-refractivity contribution in [2.24, 2.45) is 0 Å². The zero-order valence-corrected chi connectivity index (χ0v) is 34.8. The molecule has 3 atom stereocenters. The lowest BCUT2D eigenvalue weighted by molar-refractivity contribution is -0.124. The number of amides is 1. The molecule has 5 heteroatoms. The third-order valence-electron chi connectivity index (χ3n) is 11.2. The molecule has 0 aromatic carbocycles. The van der Waals surface area contributed by atoms with Crippen molar-refractivity contribution in [2.45, 2.75) is 283 Å². The summed E-state index contributed by atoms with van der Waals surface area (Å²) in [7, 11) is 0. The molecular weight excluding hydrogens is 631 g/mol. The highest BCUT2D eigenvalue weighted by Gasteiger charge is 2.26. The van der Waals surface area contributed by atoms with Crippen LogP contribution in [0, 0.1) is 0 Å². The maximum atomic E-state index is 12.4. The average Bonchev–Trinajstić information content (AvgIpc) is 3.13. The molecule has 0 spiro atoms. The average molecular weight is 724 g/mol. The van der Waals surface area contributed by atoms with Crippen molar-refractivity contribution in [1.29, 1.82) is 0 Å². The molecule has 0 aliphatic carbocycles. The molecule has 0 aromatic heterocycles. The smallest absolute Gasteiger partial charge is 0.220 e.